The summed E-state index contributed by atoms with van der Waals surface area (Å²) in [5, 5.41) is 12.6. The Kier molecular flexibility index (Phi) is 4.74. The smallest absolute Gasteiger partial charge is 0.0584 e. The van der Waals surface area contributed by atoms with E-state index in [0.29, 0.717) is 12.1 Å². The van der Waals surface area contributed by atoms with E-state index in [1.54, 1.807) is 0 Å². The molecule has 2 unspecified atom stereocenters. The molecule has 0 saturated heterocycles. The monoisotopic (exact) mass is 185 g/mol. The third-order valence-corrected chi connectivity index (χ3v) is 3.35. The molecule has 0 amide bonds. The van der Waals surface area contributed by atoms with Crippen LogP contribution in [0.5, 0.6) is 0 Å². The second-order valence-corrected chi connectivity index (χ2v) is 4.16. The number of rotatable bonds is 5. The molecule has 0 aromatic heterocycles. The van der Waals surface area contributed by atoms with E-state index in [1.807, 2.05) is 0 Å². The first-order valence-corrected chi connectivity index (χ1v) is 5.68. The maximum atomic E-state index is 9.08. The Morgan fingerprint density at radius 3 is 2.69 bits per heavy atom. The molecule has 0 bridgehead atoms. The third-order valence-electron chi connectivity index (χ3n) is 3.35. The van der Waals surface area contributed by atoms with E-state index in [2.05, 4.69) is 19.2 Å². The van der Waals surface area contributed by atoms with Gasteiger partial charge in [-0.05, 0) is 25.2 Å². The Labute approximate surface area is 81.7 Å². The minimum absolute atomic E-state index is 0.281. The average Bonchev–Trinajstić information content (AvgIpc) is 2.61. The van der Waals surface area contributed by atoms with Crippen LogP contribution in [0.3, 0.4) is 0 Å². The molecule has 0 spiro atoms. The Morgan fingerprint density at radius 2 is 2.15 bits per heavy atom. The molecule has 1 aliphatic carbocycles. The van der Waals surface area contributed by atoms with Crippen LogP contribution in [0.2, 0.25) is 0 Å². The Hall–Kier alpha value is -0.0800. The van der Waals surface area contributed by atoms with E-state index in [9.17, 15) is 0 Å². The van der Waals surface area contributed by atoms with Crippen molar-refractivity contribution in [3.8, 4) is 0 Å². The topological polar surface area (TPSA) is 32.3 Å². The van der Waals surface area contributed by atoms with E-state index in [4.69, 9.17) is 5.11 Å². The zero-order valence-electron chi connectivity index (χ0n) is 8.92. The summed E-state index contributed by atoms with van der Waals surface area (Å²) in [5.74, 6) is 0.848. The predicted octanol–water partition coefficient (Wildman–Crippen LogP) is 1.93. The van der Waals surface area contributed by atoms with Gasteiger partial charge in [-0.1, -0.05) is 26.7 Å². The lowest BCUT2D eigenvalue weighted by atomic mass is 9.99. The lowest BCUT2D eigenvalue weighted by molar-refractivity contribution is 0.216. The van der Waals surface area contributed by atoms with Gasteiger partial charge in [-0.15, -0.1) is 0 Å². The second-order valence-electron chi connectivity index (χ2n) is 4.16. The lowest BCUT2D eigenvalue weighted by Gasteiger charge is -2.24. The van der Waals surface area contributed by atoms with Crippen LogP contribution in [-0.2, 0) is 0 Å². The molecule has 13 heavy (non-hydrogen) atoms. The molecule has 0 aliphatic heterocycles. The summed E-state index contributed by atoms with van der Waals surface area (Å²) >= 11 is 0. The molecule has 0 radical (unpaired) electrons. The first kappa shape index (κ1) is 11.0. The van der Waals surface area contributed by atoms with Gasteiger partial charge < -0.3 is 10.4 Å². The van der Waals surface area contributed by atoms with Crippen LogP contribution in [0, 0.1) is 5.92 Å². The van der Waals surface area contributed by atoms with Gasteiger partial charge in [-0.25, -0.2) is 0 Å². The maximum absolute atomic E-state index is 9.08. The van der Waals surface area contributed by atoms with Gasteiger partial charge >= 0.3 is 0 Å². The second kappa shape index (κ2) is 5.61. The predicted molar refractivity (Wildman–Crippen MR) is 55.7 cm³/mol. The minimum Gasteiger partial charge on any atom is -0.395 e. The molecular weight excluding hydrogens is 162 g/mol. The van der Waals surface area contributed by atoms with E-state index >= 15 is 0 Å². The molecule has 1 rings (SSSR count). The molecule has 0 heterocycles. The number of aliphatic hydroxyl groups excluding tert-OH is 1. The zero-order valence-corrected chi connectivity index (χ0v) is 8.92. The number of nitrogens with one attached hydrogen (secondary N) is 1. The summed E-state index contributed by atoms with van der Waals surface area (Å²) in [4.78, 5) is 0. The molecule has 78 valence electrons. The number of hydrogen-bond acceptors (Lipinski definition) is 2. The number of aliphatic hydroxyl groups is 1. The van der Waals surface area contributed by atoms with Gasteiger partial charge in [0.15, 0.2) is 0 Å². The molecule has 1 aliphatic rings. The quantitative estimate of drug-likeness (QED) is 0.686. The summed E-state index contributed by atoms with van der Waals surface area (Å²) < 4.78 is 0. The highest BCUT2D eigenvalue weighted by molar-refractivity contribution is 4.84. The van der Waals surface area contributed by atoms with Crippen molar-refractivity contribution in [2.45, 2.75) is 58.0 Å². The standard InChI is InChI=1S/C11H23NO/c1-3-9-6-5-7-11(9)12-10(4-2)8-13/h9-13H,3-8H2,1-2H3/t9?,10-,11?/m1/s1. The van der Waals surface area contributed by atoms with Gasteiger partial charge in [0.25, 0.3) is 0 Å². The highest BCUT2D eigenvalue weighted by Crippen LogP contribution is 2.28. The van der Waals surface area contributed by atoms with Gasteiger partial charge in [0.2, 0.25) is 0 Å². The van der Waals surface area contributed by atoms with Crippen LogP contribution in [-0.4, -0.2) is 23.8 Å². The van der Waals surface area contributed by atoms with Crippen molar-refractivity contribution in [3.63, 3.8) is 0 Å². The Bertz CT molecular complexity index is 134. The normalized spacial score (nSPS) is 30.7. The highest BCUT2D eigenvalue weighted by atomic mass is 16.3. The fourth-order valence-electron chi connectivity index (χ4n) is 2.35. The molecular formula is C11H23NO. The molecule has 2 heteroatoms. The van der Waals surface area contributed by atoms with Crippen molar-refractivity contribution in [2.75, 3.05) is 6.61 Å². The van der Waals surface area contributed by atoms with Crippen LogP contribution in [0.4, 0.5) is 0 Å². The van der Waals surface area contributed by atoms with Crippen LogP contribution in [0.25, 0.3) is 0 Å². The maximum Gasteiger partial charge on any atom is 0.0584 e. The zero-order chi connectivity index (χ0) is 9.68. The van der Waals surface area contributed by atoms with E-state index in [1.165, 1.54) is 25.7 Å². The van der Waals surface area contributed by atoms with Crippen molar-refractivity contribution >= 4 is 0 Å². The van der Waals surface area contributed by atoms with Crippen LogP contribution in [0.1, 0.15) is 46.0 Å². The largest absolute Gasteiger partial charge is 0.395 e. The molecule has 0 aromatic carbocycles. The SMILES string of the molecule is CCC1CCCC1N[C@H](CC)CO. The summed E-state index contributed by atoms with van der Waals surface area (Å²) in [6.45, 7) is 4.68. The highest BCUT2D eigenvalue weighted by Gasteiger charge is 2.26. The van der Waals surface area contributed by atoms with Crippen LogP contribution >= 0.6 is 0 Å². The first-order valence-electron chi connectivity index (χ1n) is 5.68. The molecule has 0 aromatic rings. The van der Waals surface area contributed by atoms with Gasteiger partial charge in [0, 0.05) is 12.1 Å². The molecule has 3 atom stereocenters. The molecule has 1 saturated carbocycles. The first-order chi connectivity index (χ1) is 6.31. The van der Waals surface area contributed by atoms with Gasteiger partial charge in [-0.3, -0.25) is 0 Å². The number of hydrogen-bond donors (Lipinski definition) is 2. The van der Waals surface area contributed by atoms with E-state index < -0.39 is 0 Å². The van der Waals surface area contributed by atoms with Crippen molar-refractivity contribution in [1.82, 2.24) is 5.32 Å². The molecule has 2 N–H and O–H groups in total. The average molecular weight is 185 g/mol. The van der Waals surface area contributed by atoms with Gasteiger partial charge in [0.1, 0.15) is 0 Å². The summed E-state index contributed by atoms with van der Waals surface area (Å²) in [6, 6.07) is 0.985. The lowest BCUT2D eigenvalue weighted by Crippen LogP contribution is -2.41. The van der Waals surface area contributed by atoms with Crippen molar-refractivity contribution < 1.29 is 5.11 Å². The van der Waals surface area contributed by atoms with Crippen molar-refractivity contribution in [3.05, 3.63) is 0 Å². The van der Waals surface area contributed by atoms with Gasteiger partial charge in [0.05, 0.1) is 6.61 Å². The van der Waals surface area contributed by atoms with Crippen molar-refractivity contribution in [1.29, 1.82) is 0 Å². The minimum atomic E-state index is 0.281. The Balaban J connectivity index is 2.33. The third kappa shape index (κ3) is 2.96. The fourth-order valence-corrected chi connectivity index (χ4v) is 2.35. The fraction of sp³-hybridized carbons (Fsp3) is 1.00. The van der Waals surface area contributed by atoms with Gasteiger partial charge in [-0.2, -0.15) is 0 Å². The van der Waals surface area contributed by atoms with E-state index in [0.717, 1.165) is 12.3 Å². The summed E-state index contributed by atoms with van der Waals surface area (Å²) in [5.41, 5.74) is 0. The Morgan fingerprint density at radius 1 is 1.38 bits per heavy atom. The van der Waals surface area contributed by atoms with Crippen molar-refractivity contribution in [2.24, 2.45) is 5.92 Å². The summed E-state index contributed by atoms with van der Waals surface area (Å²) in [6.07, 6.45) is 6.34. The van der Waals surface area contributed by atoms with Crippen LogP contribution in [0.15, 0.2) is 0 Å². The van der Waals surface area contributed by atoms with Crippen LogP contribution < -0.4 is 5.32 Å². The summed E-state index contributed by atoms with van der Waals surface area (Å²) in [7, 11) is 0. The molecule has 2 nitrogen and oxygen atoms in total. The van der Waals surface area contributed by atoms with E-state index in [-0.39, 0.29) is 6.61 Å². The molecule has 1 fully saturated rings.